The van der Waals surface area contributed by atoms with Gasteiger partial charge in [0.2, 0.25) is 0 Å². The van der Waals surface area contributed by atoms with E-state index in [0.717, 1.165) is 25.7 Å². The minimum atomic E-state index is -1.92. The third kappa shape index (κ3) is 8.84. The molecule has 0 heterocycles. The fraction of sp³-hybridized carbons (Fsp3) is 0.909. The molecule has 3 atom stereocenters. The molecule has 1 unspecified atom stereocenters. The Balaban J connectivity index is 2.88. The molecule has 2 N–H and O–H groups in total. The largest absolute Gasteiger partial charge is 0.465 e. The zero-order chi connectivity index (χ0) is 23.3. The summed E-state index contributed by atoms with van der Waals surface area (Å²) in [7, 11) is -0.267. The molecule has 0 spiro atoms. The van der Waals surface area contributed by atoms with Gasteiger partial charge in [0, 0.05) is 19.7 Å². The molecule has 0 aliphatic heterocycles. The average molecular weight is 445 g/mol. The molecule has 0 radical (unpaired) electrons. The predicted molar refractivity (Wildman–Crippen MR) is 122 cm³/mol. The molecule has 0 aromatic heterocycles. The first-order chi connectivity index (χ1) is 13.5. The van der Waals surface area contributed by atoms with Crippen LogP contribution in [-0.2, 0) is 9.16 Å². The summed E-state index contributed by atoms with van der Waals surface area (Å²) in [6.45, 7) is 17.0. The molecule has 1 saturated carbocycles. The number of carbonyl (C=O) groups excluding carboxylic acids is 1. The van der Waals surface area contributed by atoms with Crippen molar-refractivity contribution in [2.24, 2.45) is 5.92 Å². The van der Waals surface area contributed by atoms with Crippen LogP contribution < -0.4 is 5.32 Å². The second kappa shape index (κ2) is 10.4. The molecule has 0 aromatic carbocycles. The Morgan fingerprint density at radius 2 is 1.70 bits per heavy atom. The number of rotatable bonds is 7. The molecule has 0 aromatic rings. The molecule has 1 rings (SSSR count). The Morgan fingerprint density at radius 1 is 1.13 bits per heavy atom. The zero-order valence-corrected chi connectivity index (χ0v) is 21.5. The Hall–Kier alpha value is -1.28. The lowest BCUT2D eigenvalue weighted by Crippen LogP contribution is -2.50. The number of carbonyl (C=O) groups is 2. The maximum Gasteiger partial charge on any atom is 0.410 e. The van der Waals surface area contributed by atoms with E-state index in [-0.39, 0.29) is 29.6 Å². The van der Waals surface area contributed by atoms with Crippen LogP contribution in [0, 0.1) is 5.92 Å². The molecule has 1 fully saturated rings. The van der Waals surface area contributed by atoms with E-state index in [1.807, 2.05) is 20.8 Å². The smallest absolute Gasteiger partial charge is 0.410 e. The van der Waals surface area contributed by atoms with Crippen LogP contribution in [0.25, 0.3) is 0 Å². The maximum atomic E-state index is 12.3. The summed E-state index contributed by atoms with van der Waals surface area (Å²) in [5, 5.41) is 12.1. The average Bonchev–Trinajstić information content (AvgIpc) is 2.53. The molecule has 1 aliphatic rings. The van der Waals surface area contributed by atoms with Crippen LogP contribution in [0.1, 0.15) is 73.6 Å². The van der Waals surface area contributed by atoms with Gasteiger partial charge in [-0.25, -0.2) is 9.59 Å². The summed E-state index contributed by atoms with van der Waals surface area (Å²) in [6.07, 6.45) is 3.58. The Kier molecular flexibility index (Phi) is 9.23. The summed E-state index contributed by atoms with van der Waals surface area (Å²) in [4.78, 5) is 25.2. The minimum Gasteiger partial charge on any atom is -0.465 e. The van der Waals surface area contributed by atoms with Crippen molar-refractivity contribution in [3.05, 3.63) is 0 Å². The summed E-state index contributed by atoms with van der Waals surface area (Å²) in [5.41, 5.74) is -0.591. The zero-order valence-electron chi connectivity index (χ0n) is 20.5. The molecule has 1 aliphatic carbocycles. The van der Waals surface area contributed by atoms with Crippen LogP contribution in [0.5, 0.6) is 0 Å². The molecular weight excluding hydrogens is 400 g/mol. The molecule has 8 heteroatoms. The predicted octanol–water partition coefficient (Wildman–Crippen LogP) is 5.46. The number of ether oxygens (including phenoxy) is 1. The topological polar surface area (TPSA) is 88.1 Å². The van der Waals surface area contributed by atoms with E-state index in [0.29, 0.717) is 6.42 Å². The van der Waals surface area contributed by atoms with Gasteiger partial charge in [-0.15, -0.1) is 0 Å². The van der Waals surface area contributed by atoms with Crippen molar-refractivity contribution in [3.63, 3.8) is 0 Å². The van der Waals surface area contributed by atoms with Gasteiger partial charge in [0.15, 0.2) is 8.32 Å². The van der Waals surface area contributed by atoms with Gasteiger partial charge in [-0.3, -0.25) is 0 Å². The number of carboxylic acid groups (broad SMARTS) is 1. The SMILES string of the molecule is CN(CC(C[C@@H]1CCCC[C@@H]1O[Si](C)(C)C(C)(C)C)NC(=O)O)C(=O)OC(C)(C)C. The second-order valence-electron chi connectivity index (χ2n) is 11.2. The van der Waals surface area contributed by atoms with Gasteiger partial charge >= 0.3 is 12.2 Å². The van der Waals surface area contributed by atoms with Gasteiger partial charge in [-0.2, -0.15) is 0 Å². The lowest BCUT2D eigenvalue weighted by molar-refractivity contribution is 0.0258. The first-order valence-electron chi connectivity index (χ1n) is 11.1. The number of likely N-dealkylation sites (N-methyl/N-ethyl adjacent to an activating group) is 1. The van der Waals surface area contributed by atoms with Crippen LogP contribution in [-0.4, -0.2) is 61.8 Å². The number of amides is 2. The Labute approximate surface area is 184 Å². The molecule has 30 heavy (non-hydrogen) atoms. The summed E-state index contributed by atoms with van der Waals surface area (Å²) < 4.78 is 12.2. The van der Waals surface area contributed by atoms with Crippen molar-refractivity contribution >= 4 is 20.5 Å². The van der Waals surface area contributed by atoms with Crippen molar-refractivity contribution < 1.29 is 23.9 Å². The first kappa shape index (κ1) is 26.8. The molecular formula is C22H44N2O5Si. The van der Waals surface area contributed by atoms with Crippen molar-refractivity contribution in [3.8, 4) is 0 Å². The highest BCUT2D eigenvalue weighted by Gasteiger charge is 2.41. The first-order valence-corrected chi connectivity index (χ1v) is 14.0. The summed E-state index contributed by atoms with van der Waals surface area (Å²) >= 11 is 0. The highest BCUT2D eigenvalue weighted by Crippen LogP contribution is 2.41. The van der Waals surface area contributed by atoms with Gasteiger partial charge in [0.05, 0.1) is 6.04 Å². The minimum absolute atomic E-state index is 0.130. The molecule has 176 valence electrons. The Morgan fingerprint density at radius 3 is 2.20 bits per heavy atom. The molecule has 2 amide bonds. The lowest BCUT2D eigenvalue weighted by atomic mass is 9.82. The number of hydrogen-bond acceptors (Lipinski definition) is 4. The van der Waals surface area contributed by atoms with Crippen LogP contribution in [0.15, 0.2) is 0 Å². The van der Waals surface area contributed by atoms with Crippen molar-refractivity contribution in [1.29, 1.82) is 0 Å². The normalized spacial score (nSPS) is 21.6. The molecule has 7 nitrogen and oxygen atoms in total. The van der Waals surface area contributed by atoms with Gasteiger partial charge in [-0.05, 0) is 64.1 Å². The van der Waals surface area contributed by atoms with E-state index in [1.165, 1.54) is 4.90 Å². The summed E-state index contributed by atoms with van der Waals surface area (Å²) in [5.74, 6) is 0.275. The lowest BCUT2D eigenvalue weighted by Gasteiger charge is -2.43. The van der Waals surface area contributed by atoms with E-state index in [4.69, 9.17) is 9.16 Å². The number of nitrogens with one attached hydrogen (secondary N) is 1. The van der Waals surface area contributed by atoms with Crippen LogP contribution in [0.3, 0.4) is 0 Å². The van der Waals surface area contributed by atoms with E-state index in [9.17, 15) is 14.7 Å². The molecule has 0 saturated heterocycles. The monoisotopic (exact) mass is 444 g/mol. The number of nitrogens with zero attached hydrogens (tertiary/aromatic N) is 1. The van der Waals surface area contributed by atoms with E-state index in [2.05, 4.69) is 39.2 Å². The summed E-state index contributed by atoms with van der Waals surface area (Å²) in [6, 6.07) is -0.367. The van der Waals surface area contributed by atoms with E-state index < -0.39 is 26.1 Å². The van der Waals surface area contributed by atoms with Crippen molar-refractivity contribution in [2.75, 3.05) is 13.6 Å². The highest BCUT2D eigenvalue weighted by atomic mass is 28.4. The fourth-order valence-corrected chi connectivity index (χ4v) is 5.04. The van der Waals surface area contributed by atoms with Gasteiger partial charge < -0.3 is 24.5 Å². The highest BCUT2D eigenvalue weighted by molar-refractivity contribution is 6.74. The number of hydrogen-bond donors (Lipinski definition) is 2. The van der Waals surface area contributed by atoms with Gasteiger partial charge in [0.25, 0.3) is 0 Å². The van der Waals surface area contributed by atoms with E-state index in [1.54, 1.807) is 7.05 Å². The van der Waals surface area contributed by atoms with Gasteiger partial charge in [-0.1, -0.05) is 33.6 Å². The van der Waals surface area contributed by atoms with Crippen LogP contribution in [0.4, 0.5) is 9.59 Å². The second-order valence-corrected chi connectivity index (χ2v) is 16.0. The maximum absolute atomic E-state index is 12.3. The van der Waals surface area contributed by atoms with Crippen molar-refractivity contribution in [2.45, 2.75) is 110 Å². The fourth-order valence-electron chi connectivity index (χ4n) is 3.62. The van der Waals surface area contributed by atoms with Crippen molar-refractivity contribution in [1.82, 2.24) is 10.2 Å². The standard InChI is InChI=1S/C22H44N2O5Si/c1-21(2,3)28-20(27)24(7)15-17(23-19(25)26)14-16-12-10-11-13-18(16)29-30(8,9)22(4,5)6/h16-18,23H,10-15H2,1-9H3,(H,25,26)/t16-,17?,18-/m0/s1. The third-order valence-electron chi connectivity index (χ3n) is 6.21. The Bertz CT molecular complexity index is 583. The van der Waals surface area contributed by atoms with E-state index >= 15 is 0 Å². The van der Waals surface area contributed by atoms with Gasteiger partial charge in [0.1, 0.15) is 5.60 Å². The third-order valence-corrected chi connectivity index (χ3v) is 10.7. The molecule has 0 bridgehead atoms. The van der Waals surface area contributed by atoms with Crippen LogP contribution >= 0.6 is 0 Å². The van der Waals surface area contributed by atoms with Crippen LogP contribution in [0.2, 0.25) is 18.1 Å². The quantitative estimate of drug-likeness (QED) is 0.509.